The summed E-state index contributed by atoms with van der Waals surface area (Å²) in [6.45, 7) is 3.43. The molecular weight excluding hydrogens is 218 g/mol. The van der Waals surface area contributed by atoms with Crippen LogP contribution in [0.4, 0.5) is 0 Å². The molecule has 1 N–H and O–H groups in total. The van der Waals surface area contributed by atoms with Crippen molar-refractivity contribution in [2.45, 2.75) is 63.8 Å². The molecule has 98 valence electrons. The maximum absolute atomic E-state index is 3.75. The lowest BCUT2D eigenvalue weighted by Crippen LogP contribution is -2.31. The van der Waals surface area contributed by atoms with Crippen LogP contribution in [-0.4, -0.2) is 12.6 Å². The van der Waals surface area contributed by atoms with Crippen molar-refractivity contribution < 1.29 is 0 Å². The van der Waals surface area contributed by atoms with Crippen LogP contribution in [0.3, 0.4) is 0 Å². The zero-order valence-corrected chi connectivity index (χ0v) is 11.5. The minimum absolute atomic E-state index is 0.726. The molecule has 0 amide bonds. The maximum Gasteiger partial charge on any atom is 0.0136 e. The second-order valence-electron chi connectivity index (χ2n) is 5.98. The Morgan fingerprint density at radius 3 is 2.89 bits per heavy atom. The molecule has 1 fully saturated rings. The monoisotopic (exact) mass is 243 g/mol. The van der Waals surface area contributed by atoms with Gasteiger partial charge in [-0.05, 0) is 67.7 Å². The van der Waals surface area contributed by atoms with Crippen LogP contribution in [0.1, 0.15) is 61.6 Å². The first kappa shape index (κ1) is 12.2. The third-order valence-electron chi connectivity index (χ3n) is 4.72. The van der Waals surface area contributed by atoms with Crippen molar-refractivity contribution in [1.82, 2.24) is 5.32 Å². The van der Waals surface area contributed by atoms with Gasteiger partial charge in [0.1, 0.15) is 0 Å². The third kappa shape index (κ3) is 2.33. The summed E-state index contributed by atoms with van der Waals surface area (Å²) in [5, 5.41) is 3.75. The number of fused-ring (bicyclic) bond motifs is 1. The van der Waals surface area contributed by atoms with Gasteiger partial charge in [-0.25, -0.2) is 0 Å². The van der Waals surface area contributed by atoms with Gasteiger partial charge in [0.2, 0.25) is 0 Å². The van der Waals surface area contributed by atoms with Crippen LogP contribution in [0.15, 0.2) is 18.2 Å². The number of aryl methyl sites for hydroxylation is 2. The molecule has 2 atom stereocenters. The average molecular weight is 243 g/mol. The number of nitrogens with one attached hydrogen (secondary N) is 1. The van der Waals surface area contributed by atoms with Gasteiger partial charge >= 0.3 is 0 Å². The first-order chi connectivity index (χ1) is 8.88. The Kier molecular flexibility index (Phi) is 3.69. The molecule has 0 saturated heterocycles. The minimum Gasteiger partial charge on any atom is -0.313 e. The fourth-order valence-corrected chi connectivity index (χ4v) is 3.76. The lowest BCUT2D eigenvalue weighted by molar-refractivity contribution is 0.478. The van der Waals surface area contributed by atoms with E-state index in [4.69, 9.17) is 0 Å². The number of rotatable bonds is 4. The van der Waals surface area contributed by atoms with E-state index < -0.39 is 0 Å². The molecule has 1 heteroatoms. The molecule has 2 aliphatic rings. The molecule has 1 saturated carbocycles. The zero-order valence-electron chi connectivity index (χ0n) is 11.5. The second kappa shape index (κ2) is 5.44. The Balaban J connectivity index is 1.76. The fourth-order valence-electron chi connectivity index (χ4n) is 3.76. The van der Waals surface area contributed by atoms with Crippen molar-refractivity contribution in [3.05, 3.63) is 34.9 Å². The van der Waals surface area contributed by atoms with Gasteiger partial charge in [-0.1, -0.05) is 31.5 Å². The summed E-state index contributed by atoms with van der Waals surface area (Å²) < 4.78 is 0. The average Bonchev–Trinajstić information content (AvgIpc) is 3.03. The number of hydrogen-bond donors (Lipinski definition) is 1. The van der Waals surface area contributed by atoms with Crippen LogP contribution in [0.2, 0.25) is 0 Å². The Morgan fingerprint density at radius 2 is 2.00 bits per heavy atom. The highest BCUT2D eigenvalue weighted by atomic mass is 14.9. The van der Waals surface area contributed by atoms with Crippen molar-refractivity contribution in [3.8, 4) is 0 Å². The highest BCUT2D eigenvalue weighted by Crippen LogP contribution is 2.36. The largest absolute Gasteiger partial charge is 0.313 e. The van der Waals surface area contributed by atoms with Crippen molar-refractivity contribution in [3.63, 3.8) is 0 Å². The normalized spacial score (nSPS) is 26.5. The molecule has 3 rings (SSSR count). The van der Waals surface area contributed by atoms with Crippen molar-refractivity contribution in [2.24, 2.45) is 0 Å². The summed E-state index contributed by atoms with van der Waals surface area (Å²) in [7, 11) is 0. The van der Waals surface area contributed by atoms with Crippen molar-refractivity contribution in [2.75, 3.05) is 6.54 Å². The number of hydrogen-bond acceptors (Lipinski definition) is 1. The Morgan fingerprint density at radius 1 is 1.11 bits per heavy atom. The third-order valence-corrected chi connectivity index (χ3v) is 4.72. The molecule has 0 aromatic heterocycles. The molecule has 0 spiro atoms. The van der Waals surface area contributed by atoms with E-state index in [-0.39, 0.29) is 0 Å². The van der Waals surface area contributed by atoms with Gasteiger partial charge in [0, 0.05) is 6.04 Å². The summed E-state index contributed by atoms with van der Waals surface area (Å²) in [5.74, 6) is 0.766. The lowest BCUT2D eigenvalue weighted by Gasteiger charge is -2.22. The van der Waals surface area contributed by atoms with Crippen molar-refractivity contribution in [1.29, 1.82) is 0 Å². The molecule has 18 heavy (non-hydrogen) atoms. The lowest BCUT2D eigenvalue weighted by atomic mass is 9.91. The summed E-state index contributed by atoms with van der Waals surface area (Å²) in [4.78, 5) is 0. The smallest absolute Gasteiger partial charge is 0.0136 e. The van der Waals surface area contributed by atoms with E-state index in [1.54, 1.807) is 16.7 Å². The highest BCUT2D eigenvalue weighted by Gasteiger charge is 2.28. The molecule has 1 aromatic carbocycles. The van der Waals surface area contributed by atoms with Crippen LogP contribution >= 0.6 is 0 Å². The van der Waals surface area contributed by atoms with E-state index in [9.17, 15) is 0 Å². The summed E-state index contributed by atoms with van der Waals surface area (Å²) in [6, 6.07) is 8.04. The molecular formula is C17H25N. The van der Waals surface area contributed by atoms with Gasteiger partial charge in [0.25, 0.3) is 0 Å². The van der Waals surface area contributed by atoms with Gasteiger partial charge in [-0.2, -0.15) is 0 Å². The van der Waals surface area contributed by atoms with Crippen LogP contribution in [0.25, 0.3) is 0 Å². The van der Waals surface area contributed by atoms with Crippen molar-refractivity contribution >= 4 is 0 Å². The molecule has 2 aliphatic carbocycles. The molecule has 1 nitrogen and oxygen atoms in total. The van der Waals surface area contributed by atoms with E-state index >= 15 is 0 Å². The van der Waals surface area contributed by atoms with Gasteiger partial charge < -0.3 is 5.32 Å². The number of benzene rings is 1. The molecule has 0 aliphatic heterocycles. The van der Waals surface area contributed by atoms with Gasteiger partial charge in [0.05, 0.1) is 0 Å². The Bertz CT molecular complexity index is 410. The zero-order chi connectivity index (χ0) is 12.4. The predicted molar refractivity (Wildman–Crippen MR) is 77.1 cm³/mol. The molecule has 2 unspecified atom stereocenters. The fraction of sp³-hybridized carbons (Fsp3) is 0.647. The van der Waals surface area contributed by atoms with Gasteiger partial charge in [-0.3, -0.25) is 0 Å². The van der Waals surface area contributed by atoms with E-state index in [0.29, 0.717) is 0 Å². The van der Waals surface area contributed by atoms with E-state index in [1.807, 2.05) is 0 Å². The van der Waals surface area contributed by atoms with E-state index in [2.05, 4.69) is 30.4 Å². The topological polar surface area (TPSA) is 12.0 Å². The minimum atomic E-state index is 0.726. The molecule has 0 heterocycles. The van der Waals surface area contributed by atoms with E-state index in [0.717, 1.165) is 12.0 Å². The maximum atomic E-state index is 3.75. The van der Waals surface area contributed by atoms with Crippen LogP contribution in [0, 0.1) is 0 Å². The highest BCUT2D eigenvalue weighted by molar-refractivity contribution is 5.37. The quantitative estimate of drug-likeness (QED) is 0.848. The summed E-state index contributed by atoms with van der Waals surface area (Å²) >= 11 is 0. The first-order valence-electron chi connectivity index (χ1n) is 7.73. The molecule has 0 bridgehead atoms. The predicted octanol–water partition coefficient (Wildman–Crippen LogP) is 3.81. The first-order valence-corrected chi connectivity index (χ1v) is 7.73. The van der Waals surface area contributed by atoms with Crippen LogP contribution < -0.4 is 5.32 Å². The molecule has 1 aromatic rings. The second-order valence-corrected chi connectivity index (χ2v) is 5.98. The van der Waals surface area contributed by atoms with E-state index in [1.165, 1.54) is 51.5 Å². The Labute approximate surface area is 111 Å². The van der Waals surface area contributed by atoms with Gasteiger partial charge in [0.15, 0.2) is 0 Å². The van der Waals surface area contributed by atoms with Crippen LogP contribution in [-0.2, 0) is 12.8 Å². The van der Waals surface area contributed by atoms with Gasteiger partial charge in [-0.15, -0.1) is 0 Å². The summed E-state index contributed by atoms with van der Waals surface area (Å²) in [5.41, 5.74) is 4.84. The van der Waals surface area contributed by atoms with Crippen LogP contribution in [0.5, 0.6) is 0 Å². The summed E-state index contributed by atoms with van der Waals surface area (Å²) in [6.07, 6.45) is 9.35. The molecule has 0 radical (unpaired) electrons. The Hall–Kier alpha value is -0.820. The standard InChI is InChI=1S/C17H25N/c1-2-11-18-17-8-4-7-16(17)15-10-9-13-5-3-6-14(13)12-15/h9-10,12,16-18H,2-8,11H2,1H3. The SMILES string of the molecule is CCCNC1CCCC1c1ccc2c(c1)CCC2.